The highest BCUT2D eigenvalue weighted by Crippen LogP contribution is 2.25. The molecule has 0 fully saturated rings. The molecule has 0 aromatic heterocycles. The van der Waals surface area contributed by atoms with E-state index in [-0.39, 0.29) is 23.2 Å². The van der Waals surface area contributed by atoms with E-state index in [0.717, 1.165) is 5.56 Å². The molecule has 0 atom stereocenters. The summed E-state index contributed by atoms with van der Waals surface area (Å²) in [6.07, 6.45) is 0. The van der Waals surface area contributed by atoms with E-state index in [1.807, 2.05) is 30.3 Å². The van der Waals surface area contributed by atoms with Crippen LogP contribution in [-0.2, 0) is 6.54 Å². The maximum Gasteiger partial charge on any atom is 0.336 e. The van der Waals surface area contributed by atoms with E-state index in [4.69, 9.17) is 5.21 Å². The smallest absolute Gasteiger partial charge is 0.336 e. The zero-order valence-electron chi connectivity index (χ0n) is 15.3. The lowest BCUT2D eigenvalue weighted by Gasteiger charge is -2.12. The molecule has 29 heavy (non-hydrogen) atoms. The van der Waals surface area contributed by atoms with Gasteiger partial charge >= 0.3 is 5.97 Å². The zero-order valence-corrected chi connectivity index (χ0v) is 15.3. The maximum atomic E-state index is 12.4. The lowest BCUT2D eigenvalue weighted by molar-refractivity contribution is 0.0689. The lowest BCUT2D eigenvalue weighted by atomic mass is 9.96. The second-order valence-corrected chi connectivity index (χ2v) is 6.22. The van der Waals surface area contributed by atoms with Gasteiger partial charge in [0.15, 0.2) is 0 Å². The van der Waals surface area contributed by atoms with Crippen molar-refractivity contribution in [3.8, 4) is 11.1 Å². The molecule has 3 aromatic carbocycles. The molecular weight excluding hydrogens is 372 g/mol. The Morgan fingerprint density at radius 2 is 1.41 bits per heavy atom. The number of benzene rings is 3. The van der Waals surface area contributed by atoms with Crippen LogP contribution in [0.2, 0.25) is 0 Å². The summed E-state index contributed by atoms with van der Waals surface area (Å²) < 4.78 is 0. The van der Waals surface area contributed by atoms with Crippen LogP contribution in [0.25, 0.3) is 11.1 Å². The molecule has 4 N–H and O–H groups in total. The number of nitrogens with one attached hydrogen (secondary N) is 2. The number of hydroxylamine groups is 1. The fourth-order valence-corrected chi connectivity index (χ4v) is 2.96. The third-order valence-corrected chi connectivity index (χ3v) is 4.37. The van der Waals surface area contributed by atoms with Crippen molar-refractivity contribution >= 4 is 17.8 Å². The largest absolute Gasteiger partial charge is 0.478 e. The molecule has 0 spiro atoms. The zero-order chi connectivity index (χ0) is 20.8. The first kappa shape index (κ1) is 19.8. The normalized spacial score (nSPS) is 10.2. The number of hydrogen-bond donors (Lipinski definition) is 4. The molecule has 7 nitrogen and oxygen atoms in total. The molecular formula is C22H18N2O5. The third kappa shape index (κ3) is 4.48. The Bertz CT molecular complexity index is 1060. The minimum absolute atomic E-state index is 0.0690. The van der Waals surface area contributed by atoms with Crippen LogP contribution < -0.4 is 10.8 Å². The summed E-state index contributed by atoms with van der Waals surface area (Å²) in [5.74, 6) is -2.34. The summed E-state index contributed by atoms with van der Waals surface area (Å²) in [5, 5.41) is 20.9. The van der Waals surface area contributed by atoms with Gasteiger partial charge in [0.05, 0.1) is 11.1 Å². The first-order chi connectivity index (χ1) is 14.0. The van der Waals surface area contributed by atoms with E-state index in [9.17, 15) is 19.5 Å². The van der Waals surface area contributed by atoms with E-state index in [2.05, 4.69) is 5.32 Å². The fourth-order valence-electron chi connectivity index (χ4n) is 2.96. The molecule has 0 heterocycles. The first-order valence-electron chi connectivity index (χ1n) is 8.74. The molecule has 2 amide bonds. The summed E-state index contributed by atoms with van der Waals surface area (Å²) in [6, 6.07) is 20.1. The lowest BCUT2D eigenvalue weighted by Crippen LogP contribution is -2.25. The molecule has 0 aliphatic heterocycles. The number of carbonyl (C=O) groups is 3. The summed E-state index contributed by atoms with van der Waals surface area (Å²) in [4.78, 5) is 35.7. The minimum Gasteiger partial charge on any atom is -0.478 e. The number of carboxylic acid groups (broad SMARTS) is 1. The van der Waals surface area contributed by atoms with Crippen LogP contribution >= 0.6 is 0 Å². The molecule has 0 bridgehead atoms. The van der Waals surface area contributed by atoms with Crippen LogP contribution in [0.15, 0.2) is 72.8 Å². The summed E-state index contributed by atoms with van der Waals surface area (Å²) in [7, 11) is 0. The van der Waals surface area contributed by atoms with Gasteiger partial charge in [0.2, 0.25) is 0 Å². The van der Waals surface area contributed by atoms with Gasteiger partial charge < -0.3 is 10.4 Å². The highest BCUT2D eigenvalue weighted by Gasteiger charge is 2.16. The number of hydrogen-bond acceptors (Lipinski definition) is 4. The van der Waals surface area contributed by atoms with E-state index >= 15 is 0 Å². The second-order valence-electron chi connectivity index (χ2n) is 6.22. The van der Waals surface area contributed by atoms with Gasteiger partial charge in [-0.25, -0.2) is 10.3 Å². The van der Waals surface area contributed by atoms with Gasteiger partial charge in [0.25, 0.3) is 11.8 Å². The van der Waals surface area contributed by atoms with E-state index in [1.54, 1.807) is 35.8 Å². The van der Waals surface area contributed by atoms with Gasteiger partial charge in [-0.3, -0.25) is 14.8 Å². The van der Waals surface area contributed by atoms with Gasteiger partial charge in [-0.05, 0) is 41.0 Å². The maximum absolute atomic E-state index is 12.4. The average Bonchev–Trinajstić information content (AvgIpc) is 2.77. The number of aromatic carboxylic acids is 1. The Kier molecular flexibility index (Phi) is 6.01. The average molecular weight is 390 g/mol. The van der Waals surface area contributed by atoms with Gasteiger partial charge in [-0.15, -0.1) is 0 Å². The Balaban J connectivity index is 1.86. The van der Waals surface area contributed by atoms with E-state index < -0.39 is 17.8 Å². The number of rotatable bonds is 6. The molecule has 0 saturated heterocycles. The summed E-state index contributed by atoms with van der Waals surface area (Å²) in [6.45, 7) is 0.133. The summed E-state index contributed by atoms with van der Waals surface area (Å²) >= 11 is 0. The van der Waals surface area contributed by atoms with Crippen molar-refractivity contribution in [2.45, 2.75) is 6.54 Å². The van der Waals surface area contributed by atoms with Crippen molar-refractivity contribution in [2.24, 2.45) is 0 Å². The molecule has 3 aromatic rings. The fraction of sp³-hybridized carbons (Fsp3) is 0.0455. The third-order valence-electron chi connectivity index (χ3n) is 4.37. The second kappa shape index (κ2) is 8.81. The first-order valence-corrected chi connectivity index (χ1v) is 8.74. The van der Waals surface area contributed by atoms with Crippen molar-refractivity contribution in [2.75, 3.05) is 0 Å². The van der Waals surface area contributed by atoms with Crippen LogP contribution in [0.3, 0.4) is 0 Å². The predicted octanol–water partition coefficient (Wildman–Crippen LogP) is 3.10. The van der Waals surface area contributed by atoms with Crippen LogP contribution in [0, 0.1) is 0 Å². The van der Waals surface area contributed by atoms with Crippen LogP contribution in [0.1, 0.15) is 36.6 Å². The highest BCUT2D eigenvalue weighted by molar-refractivity contribution is 6.04. The van der Waals surface area contributed by atoms with Crippen molar-refractivity contribution < 1.29 is 24.7 Å². The molecule has 0 radical (unpaired) electrons. The minimum atomic E-state index is -1.18. The standard InChI is InChI=1S/C22H18N2O5/c25-20(16-8-4-5-9-18(16)22(27)28)23-13-14-10-11-17(21(26)24-29)19(12-14)15-6-2-1-3-7-15/h1-12,29H,13H2,(H,23,25)(H,24,26)(H,27,28). The topological polar surface area (TPSA) is 116 Å². The molecule has 0 aliphatic rings. The molecule has 0 saturated carbocycles. The molecule has 3 rings (SSSR count). The van der Waals surface area contributed by atoms with Gasteiger partial charge in [-0.1, -0.05) is 48.5 Å². The summed E-state index contributed by atoms with van der Waals surface area (Å²) in [5.41, 5.74) is 3.98. The molecule has 0 aliphatic carbocycles. The SMILES string of the molecule is O=C(O)c1ccccc1C(=O)NCc1ccc(C(=O)NO)c(-c2ccccc2)c1. The quantitative estimate of drug-likeness (QED) is 0.381. The Labute approximate surface area is 166 Å². The Hall–Kier alpha value is -3.97. The van der Waals surface area contributed by atoms with Crippen molar-refractivity contribution in [1.29, 1.82) is 0 Å². The molecule has 0 unspecified atom stereocenters. The highest BCUT2D eigenvalue weighted by atomic mass is 16.5. The molecule has 146 valence electrons. The monoisotopic (exact) mass is 390 g/mol. The molecule has 7 heteroatoms. The van der Waals surface area contributed by atoms with Crippen molar-refractivity contribution in [1.82, 2.24) is 10.8 Å². The predicted molar refractivity (Wildman–Crippen MR) is 106 cm³/mol. The van der Waals surface area contributed by atoms with Gasteiger partial charge in [0, 0.05) is 12.1 Å². The number of carboxylic acids is 1. The van der Waals surface area contributed by atoms with Gasteiger partial charge in [0.1, 0.15) is 0 Å². The van der Waals surface area contributed by atoms with Crippen LogP contribution in [-0.4, -0.2) is 28.1 Å². The van der Waals surface area contributed by atoms with Crippen molar-refractivity contribution in [3.05, 3.63) is 95.1 Å². The number of carbonyl (C=O) groups excluding carboxylic acids is 2. The van der Waals surface area contributed by atoms with Crippen molar-refractivity contribution in [3.63, 3.8) is 0 Å². The number of amides is 2. The van der Waals surface area contributed by atoms with Gasteiger partial charge in [-0.2, -0.15) is 0 Å². The van der Waals surface area contributed by atoms with Crippen LogP contribution in [0.5, 0.6) is 0 Å². The Morgan fingerprint density at radius 1 is 0.759 bits per heavy atom. The Morgan fingerprint density at radius 3 is 2.07 bits per heavy atom. The van der Waals surface area contributed by atoms with E-state index in [1.165, 1.54) is 12.1 Å². The van der Waals surface area contributed by atoms with E-state index in [0.29, 0.717) is 11.1 Å². The van der Waals surface area contributed by atoms with Crippen LogP contribution in [0.4, 0.5) is 0 Å².